The fourth-order valence-corrected chi connectivity index (χ4v) is 5.56. The van der Waals surface area contributed by atoms with Crippen LogP contribution < -0.4 is 15.3 Å². The quantitative estimate of drug-likeness (QED) is 0.104. The SMILES string of the molecule is CC1(CC(=O)Oc2ccc(C[C@H](N=NN)C(=O)N=O)cc2OC(=O)CC2(C)CCCCC2)CCCCC1. The first kappa shape index (κ1) is 28.4. The van der Waals surface area contributed by atoms with Crippen LogP contribution in [0.2, 0.25) is 0 Å². The molecule has 0 saturated heterocycles. The molecule has 3 rings (SSSR count). The Balaban J connectivity index is 1.80. The number of rotatable bonds is 10. The number of nitroso groups, excluding NO2 is 1. The number of nitrogens with zero attached hydrogens (tertiary/aromatic N) is 3. The van der Waals surface area contributed by atoms with Crippen LogP contribution in [0.5, 0.6) is 11.5 Å². The summed E-state index contributed by atoms with van der Waals surface area (Å²) in [6.45, 7) is 4.20. The van der Waals surface area contributed by atoms with Crippen molar-refractivity contribution >= 4 is 17.8 Å². The lowest BCUT2D eigenvalue weighted by Crippen LogP contribution is -2.27. The van der Waals surface area contributed by atoms with Crippen LogP contribution >= 0.6 is 0 Å². The van der Waals surface area contributed by atoms with Gasteiger partial charge in [0.05, 0.1) is 12.8 Å². The zero-order chi connectivity index (χ0) is 26.9. The maximum Gasteiger partial charge on any atom is 0.312 e. The lowest BCUT2D eigenvalue weighted by Gasteiger charge is -2.33. The van der Waals surface area contributed by atoms with Gasteiger partial charge < -0.3 is 15.3 Å². The topological polar surface area (TPSA) is 150 Å². The van der Waals surface area contributed by atoms with Gasteiger partial charge in [-0.3, -0.25) is 14.4 Å². The number of nitrogens with two attached hydrogens (primary N) is 1. The van der Waals surface area contributed by atoms with Crippen molar-refractivity contribution in [2.24, 2.45) is 32.2 Å². The Morgan fingerprint density at radius 2 is 1.38 bits per heavy atom. The molecule has 1 atom stereocenters. The summed E-state index contributed by atoms with van der Waals surface area (Å²) in [5.41, 5.74) is 0.276. The van der Waals surface area contributed by atoms with Gasteiger partial charge in [0.1, 0.15) is 0 Å². The molecule has 0 bridgehead atoms. The number of esters is 2. The van der Waals surface area contributed by atoms with Crippen LogP contribution in [0.25, 0.3) is 0 Å². The lowest BCUT2D eigenvalue weighted by atomic mass is 9.73. The first-order valence-corrected chi connectivity index (χ1v) is 13.2. The molecular weight excluding hydrogens is 476 g/mol. The number of hydrogen-bond acceptors (Lipinski definition) is 8. The van der Waals surface area contributed by atoms with Crippen molar-refractivity contribution in [2.75, 3.05) is 0 Å². The Morgan fingerprint density at radius 3 is 1.86 bits per heavy atom. The van der Waals surface area contributed by atoms with Crippen LogP contribution in [0.15, 0.2) is 33.7 Å². The predicted molar refractivity (Wildman–Crippen MR) is 137 cm³/mol. The highest BCUT2D eigenvalue weighted by Crippen LogP contribution is 2.41. The second-order valence-corrected chi connectivity index (χ2v) is 11.2. The molecule has 37 heavy (non-hydrogen) atoms. The van der Waals surface area contributed by atoms with E-state index in [0.717, 1.165) is 51.4 Å². The molecule has 1 aromatic carbocycles. The summed E-state index contributed by atoms with van der Waals surface area (Å²) >= 11 is 0. The van der Waals surface area contributed by atoms with Crippen LogP contribution in [0.4, 0.5) is 0 Å². The average Bonchev–Trinajstić information content (AvgIpc) is 2.85. The molecule has 0 unspecified atom stereocenters. The predicted octanol–water partition coefficient (Wildman–Crippen LogP) is 5.75. The van der Waals surface area contributed by atoms with Gasteiger partial charge in [0.25, 0.3) is 0 Å². The van der Waals surface area contributed by atoms with Crippen molar-refractivity contribution in [1.82, 2.24) is 0 Å². The Labute approximate surface area is 217 Å². The van der Waals surface area contributed by atoms with E-state index >= 15 is 0 Å². The van der Waals surface area contributed by atoms with E-state index in [1.807, 2.05) is 0 Å². The number of hydrogen-bond donors (Lipinski definition) is 1. The summed E-state index contributed by atoms with van der Waals surface area (Å²) in [4.78, 5) is 48.4. The first-order valence-electron chi connectivity index (χ1n) is 13.2. The average molecular weight is 515 g/mol. The van der Waals surface area contributed by atoms with E-state index in [9.17, 15) is 19.3 Å². The number of amides is 1. The third-order valence-corrected chi connectivity index (χ3v) is 7.73. The van der Waals surface area contributed by atoms with Gasteiger partial charge in [-0.15, -0.1) is 4.91 Å². The molecular formula is C27H38N4O6. The lowest BCUT2D eigenvalue weighted by molar-refractivity contribution is -0.140. The zero-order valence-corrected chi connectivity index (χ0v) is 21.9. The summed E-state index contributed by atoms with van der Waals surface area (Å²) < 4.78 is 11.4. The number of carbonyl (C=O) groups excluding carboxylic acids is 3. The van der Waals surface area contributed by atoms with E-state index in [-0.39, 0.29) is 47.6 Å². The summed E-state index contributed by atoms with van der Waals surface area (Å²) in [6.07, 6.45) is 11.0. The van der Waals surface area contributed by atoms with Gasteiger partial charge >= 0.3 is 17.8 Å². The minimum atomic E-state index is -1.20. The number of benzene rings is 1. The molecule has 10 nitrogen and oxygen atoms in total. The minimum absolute atomic E-state index is 0.0418. The Bertz CT molecular complexity index is 1010. The van der Waals surface area contributed by atoms with Gasteiger partial charge in [0, 0.05) is 11.6 Å². The highest BCUT2D eigenvalue weighted by Gasteiger charge is 2.32. The third kappa shape index (κ3) is 8.43. The molecule has 0 aromatic heterocycles. The highest BCUT2D eigenvalue weighted by molar-refractivity contribution is 5.83. The maximum atomic E-state index is 13.0. The second kappa shape index (κ2) is 12.9. The molecule has 2 fully saturated rings. The van der Waals surface area contributed by atoms with Gasteiger partial charge in [-0.05, 0) is 54.2 Å². The Morgan fingerprint density at radius 1 is 0.865 bits per heavy atom. The fraction of sp³-hybridized carbons (Fsp3) is 0.667. The summed E-state index contributed by atoms with van der Waals surface area (Å²) in [7, 11) is 0. The van der Waals surface area contributed by atoms with Crippen molar-refractivity contribution in [2.45, 2.75) is 103 Å². The van der Waals surface area contributed by atoms with Crippen LogP contribution in [-0.4, -0.2) is 23.9 Å². The van der Waals surface area contributed by atoms with Gasteiger partial charge in [-0.2, -0.15) is 5.11 Å². The molecule has 1 amide bonds. The van der Waals surface area contributed by atoms with Crippen molar-refractivity contribution in [3.05, 3.63) is 28.7 Å². The van der Waals surface area contributed by atoms with Crippen LogP contribution in [0, 0.1) is 15.7 Å². The molecule has 0 heterocycles. The summed E-state index contributed by atoms with van der Waals surface area (Å²) in [5, 5.41) is 9.10. The molecule has 0 spiro atoms. The largest absolute Gasteiger partial charge is 0.422 e. The van der Waals surface area contributed by atoms with Crippen molar-refractivity contribution in [1.29, 1.82) is 0 Å². The molecule has 0 radical (unpaired) electrons. The van der Waals surface area contributed by atoms with Crippen LogP contribution in [0.1, 0.15) is 96.5 Å². The maximum absolute atomic E-state index is 13.0. The first-order chi connectivity index (χ1) is 17.6. The number of carbonyl (C=O) groups is 3. The van der Waals surface area contributed by atoms with Crippen LogP contribution in [-0.2, 0) is 20.8 Å². The van der Waals surface area contributed by atoms with E-state index in [1.54, 1.807) is 6.07 Å². The highest BCUT2D eigenvalue weighted by atomic mass is 16.6. The van der Waals surface area contributed by atoms with Crippen molar-refractivity contribution in [3.63, 3.8) is 0 Å². The summed E-state index contributed by atoms with van der Waals surface area (Å²) in [5.74, 6) is 3.47. The van der Waals surface area contributed by atoms with E-state index in [0.29, 0.717) is 5.56 Å². The molecule has 2 aliphatic rings. The molecule has 1 aromatic rings. The normalized spacial score (nSPS) is 19.6. The molecule has 202 valence electrons. The number of ether oxygens (including phenoxy) is 2. The van der Waals surface area contributed by atoms with Crippen molar-refractivity contribution < 1.29 is 23.9 Å². The van der Waals surface area contributed by atoms with Gasteiger partial charge in [-0.25, -0.2) is 0 Å². The molecule has 2 N–H and O–H groups in total. The van der Waals surface area contributed by atoms with Gasteiger partial charge in [0.15, 0.2) is 17.5 Å². The molecule has 2 saturated carbocycles. The fourth-order valence-electron chi connectivity index (χ4n) is 5.56. The van der Waals surface area contributed by atoms with E-state index in [1.165, 1.54) is 25.0 Å². The van der Waals surface area contributed by atoms with E-state index < -0.39 is 17.9 Å². The van der Waals surface area contributed by atoms with E-state index in [2.05, 4.69) is 29.4 Å². The van der Waals surface area contributed by atoms with Crippen molar-refractivity contribution in [3.8, 4) is 11.5 Å². The zero-order valence-electron chi connectivity index (χ0n) is 21.9. The Kier molecular flexibility index (Phi) is 9.88. The van der Waals surface area contributed by atoms with Crippen LogP contribution in [0.3, 0.4) is 0 Å². The summed E-state index contributed by atoms with van der Waals surface area (Å²) in [6, 6.07) is 3.45. The Hall–Kier alpha value is -3.17. The van der Waals surface area contributed by atoms with Gasteiger partial charge in [-0.1, -0.05) is 63.7 Å². The third-order valence-electron chi connectivity index (χ3n) is 7.73. The second-order valence-electron chi connectivity index (χ2n) is 11.2. The van der Waals surface area contributed by atoms with E-state index in [4.69, 9.17) is 15.3 Å². The molecule has 0 aliphatic heterocycles. The molecule has 10 heteroatoms. The monoisotopic (exact) mass is 514 g/mol. The standard InChI is InChI=1S/C27H38N4O6/c1-26(11-5-3-6-12-26)17-23(32)36-21-10-9-19(15-20(29-31-28)25(34)30-35)16-22(21)37-24(33)18-27(2)13-7-4-8-14-27/h9-10,16,20H,3-8,11-15,17-18H2,1-2H3,(H2,28,29)/t20-/m0/s1. The minimum Gasteiger partial charge on any atom is -0.422 e. The smallest absolute Gasteiger partial charge is 0.312 e. The van der Waals surface area contributed by atoms with Gasteiger partial charge in [0.2, 0.25) is 0 Å². The molecule has 2 aliphatic carbocycles.